The van der Waals surface area contributed by atoms with Crippen LogP contribution < -0.4 is 24.8 Å². The van der Waals surface area contributed by atoms with Crippen molar-refractivity contribution in [3.05, 3.63) is 29.7 Å². The van der Waals surface area contributed by atoms with Crippen molar-refractivity contribution in [3.8, 4) is 28.5 Å². The smallest absolute Gasteiger partial charge is 0.255 e. The molecular weight excluding hydrogens is 502 g/mol. The molecule has 0 unspecified atom stereocenters. The number of aliphatic hydroxyl groups is 1. The summed E-state index contributed by atoms with van der Waals surface area (Å²) in [6, 6.07) is 3.70. The van der Waals surface area contributed by atoms with E-state index in [9.17, 15) is 14.7 Å². The van der Waals surface area contributed by atoms with Crippen molar-refractivity contribution in [1.29, 1.82) is 0 Å². The first kappa shape index (κ1) is 25.4. The summed E-state index contributed by atoms with van der Waals surface area (Å²) in [4.78, 5) is 37.7. The van der Waals surface area contributed by atoms with Gasteiger partial charge in [0.1, 0.15) is 29.4 Å². The molecule has 0 saturated heterocycles. The highest BCUT2D eigenvalue weighted by Crippen LogP contribution is 2.48. The number of nitrogens with zero attached hydrogens (tertiary/aromatic N) is 2. The van der Waals surface area contributed by atoms with Crippen molar-refractivity contribution in [2.24, 2.45) is 5.92 Å². The highest BCUT2D eigenvalue weighted by atomic mass is 16.7. The SMILES string of the molecule is Cc1[nH]c2c(-c3c(OCC4CC4)ccc4c3OCO4)ncnc2c1C(=O)N[C@H]1CC[C@H](NC(=O)[C@H](C)O)CC1. The number of carbonyl (C=O) groups is 2. The fraction of sp³-hybridized carbons (Fsp3) is 0.500. The van der Waals surface area contributed by atoms with Gasteiger partial charge in [0.15, 0.2) is 11.5 Å². The number of aliphatic hydroxyl groups excluding tert-OH is 1. The fourth-order valence-corrected chi connectivity index (χ4v) is 5.34. The Balaban J connectivity index is 1.25. The molecule has 1 atom stereocenters. The monoisotopic (exact) mass is 535 g/mol. The molecule has 3 aromatic rings. The summed E-state index contributed by atoms with van der Waals surface area (Å²) < 4.78 is 17.6. The van der Waals surface area contributed by atoms with Gasteiger partial charge in [-0.15, -0.1) is 0 Å². The molecule has 3 aliphatic rings. The lowest BCUT2D eigenvalue weighted by Gasteiger charge is -2.30. The lowest BCUT2D eigenvalue weighted by molar-refractivity contribution is -0.129. The number of aryl methyl sites for hydroxylation is 1. The zero-order valence-corrected chi connectivity index (χ0v) is 22.1. The van der Waals surface area contributed by atoms with Gasteiger partial charge in [0.05, 0.1) is 23.3 Å². The average Bonchev–Trinajstić information content (AvgIpc) is 3.51. The van der Waals surface area contributed by atoms with Gasteiger partial charge in [-0.3, -0.25) is 9.59 Å². The standard InChI is InChI=1S/C28H33N5O6/c1-14-21(28(36)33-18-7-5-17(6-8-18)32-27(35)15(2)34)23-25(31-14)24(30-12-29-23)22-19(37-11-16-3-4-16)9-10-20-26(22)39-13-38-20/h9-10,12,15-18,31,34H,3-8,11,13H2,1-2H3,(H,32,35)(H,33,36)/t15-,17-,18-/m0/s1. The van der Waals surface area contributed by atoms with Crippen molar-refractivity contribution in [1.82, 2.24) is 25.6 Å². The quantitative estimate of drug-likeness (QED) is 0.344. The number of aromatic nitrogens is 3. The molecule has 2 aromatic heterocycles. The van der Waals surface area contributed by atoms with Gasteiger partial charge >= 0.3 is 0 Å². The van der Waals surface area contributed by atoms with Crippen molar-refractivity contribution < 1.29 is 28.9 Å². The normalized spacial score (nSPS) is 21.0. The number of aromatic amines is 1. The van der Waals surface area contributed by atoms with Gasteiger partial charge in [-0.1, -0.05) is 0 Å². The van der Waals surface area contributed by atoms with Gasteiger partial charge in [-0.25, -0.2) is 9.97 Å². The Morgan fingerprint density at radius 1 is 1.10 bits per heavy atom. The minimum atomic E-state index is -1.03. The molecule has 11 nitrogen and oxygen atoms in total. The predicted octanol–water partition coefficient (Wildman–Crippen LogP) is 2.99. The molecule has 3 heterocycles. The molecule has 1 aromatic carbocycles. The second kappa shape index (κ2) is 10.4. The first-order valence-electron chi connectivity index (χ1n) is 13.6. The van der Waals surface area contributed by atoms with E-state index in [2.05, 4.69) is 25.6 Å². The van der Waals surface area contributed by atoms with Crippen LogP contribution in [0.15, 0.2) is 18.5 Å². The minimum absolute atomic E-state index is 0.000467. The maximum atomic E-state index is 13.5. The summed E-state index contributed by atoms with van der Waals surface area (Å²) in [6.45, 7) is 4.05. The number of rotatable bonds is 8. The number of hydrogen-bond donors (Lipinski definition) is 4. The molecule has 0 spiro atoms. The summed E-state index contributed by atoms with van der Waals surface area (Å²) in [7, 11) is 0. The van der Waals surface area contributed by atoms with E-state index in [0.717, 1.165) is 25.7 Å². The van der Waals surface area contributed by atoms with E-state index in [4.69, 9.17) is 14.2 Å². The summed E-state index contributed by atoms with van der Waals surface area (Å²) in [5, 5.41) is 15.5. The number of H-pyrrole nitrogens is 1. The first-order chi connectivity index (χ1) is 18.9. The molecule has 2 saturated carbocycles. The van der Waals surface area contributed by atoms with Gasteiger partial charge < -0.3 is 34.9 Å². The van der Waals surface area contributed by atoms with Crippen LogP contribution in [0.1, 0.15) is 61.5 Å². The van der Waals surface area contributed by atoms with Gasteiger partial charge in [0.2, 0.25) is 12.7 Å². The summed E-state index contributed by atoms with van der Waals surface area (Å²) >= 11 is 0. The van der Waals surface area contributed by atoms with Crippen LogP contribution in [0, 0.1) is 12.8 Å². The van der Waals surface area contributed by atoms with Gasteiger partial charge in [0, 0.05) is 17.8 Å². The van der Waals surface area contributed by atoms with E-state index in [-0.39, 0.29) is 30.7 Å². The van der Waals surface area contributed by atoms with Crippen LogP contribution in [0.2, 0.25) is 0 Å². The molecule has 2 amide bonds. The fourth-order valence-electron chi connectivity index (χ4n) is 5.34. The topological polar surface area (TPSA) is 148 Å². The van der Waals surface area contributed by atoms with Crippen LogP contribution >= 0.6 is 0 Å². The zero-order chi connectivity index (χ0) is 27.1. The maximum absolute atomic E-state index is 13.5. The Hall–Kier alpha value is -3.86. The van der Waals surface area contributed by atoms with Gasteiger partial charge in [0.25, 0.3) is 5.91 Å². The molecule has 11 heteroatoms. The van der Waals surface area contributed by atoms with E-state index in [0.29, 0.717) is 63.3 Å². The summed E-state index contributed by atoms with van der Waals surface area (Å²) in [6.07, 6.45) is 5.68. The maximum Gasteiger partial charge on any atom is 0.255 e. The van der Waals surface area contributed by atoms with Crippen LogP contribution in [-0.2, 0) is 4.79 Å². The highest BCUT2D eigenvalue weighted by molar-refractivity contribution is 6.09. The minimum Gasteiger partial charge on any atom is -0.492 e. The molecule has 39 heavy (non-hydrogen) atoms. The third kappa shape index (κ3) is 5.10. The highest BCUT2D eigenvalue weighted by Gasteiger charge is 2.31. The number of fused-ring (bicyclic) bond motifs is 2. The molecule has 1 aliphatic heterocycles. The van der Waals surface area contributed by atoms with E-state index in [1.807, 2.05) is 19.1 Å². The van der Waals surface area contributed by atoms with Crippen LogP contribution in [0.25, 0.3) is 22.3 Å². The molecular formula is C28H33N5O6. The van der Waals surface area contributed by atoms with Crippen LogP contribution in [0.4, 0.5) is 0 Å². The number of hydrogen-bond acceptors (Lipinski definition) is 8. The number of ether oxygens (including phenoxy) is 3. The van der Waals surface area contributed by atoms with E-state index < -0.39 is 6.10 Å². The average molecular weight is 536 g/mol. The number of nitrogens with one attached hydrogen (secondary N) is 3. The number of amides is 2. The summed E-state index contributed by atoms with van der Waals surface area (Å²) in [5.74, 6) is 1.85. The Morgan fingerprint density at radius 2 is 1.85 bits per heavy atom. The Labute approximate surface area is 225 Å². The van der Waals surface area contributed by atoms with E-state index in [1.54, 1.807) is 0 Å². The van der Waals surface area contributed by atoms with Crippen molar-refractivity contribution in [2.45, 2.75) is 70.6 Å². The Kier molecular flexibility index (Phi) is 6.76. The van der Waals surface area contributed by atoms with Crippen molar-refractivity contribution >= 4 is 22.8 Å². The van der Waals surface area contributed by atoms with E-state index in [1.165, 1.54) is 26.1 Å². The molecule has 2 aliphatic carbocycles. The lowest BCUT2D eigenvalue weighted by Crippen LogP contribution is -2.46. The molecule has 4 N–H and O–H groups in total. The number of benzene rings is 1. The Bertz CT molecular complexity index is 1410. The molecule has 0 bridgehead atoms. The Morgan fingerprint density at radius 3 is 2.56 bits per heavy atom. The van der Waals surface area contributed by atoms with Crippen LogP contribution in [-0.4, -0.2) is 63.5 Å². The first-order valence-corrected chi connectivity index (χ1v) is 13.6. The second-order valence-corrected chi connectivity index (χ2v) is 10.7. The number of carbonyl (C=O) groups excluding carboxylic acids is 2. The third-order valence-corrected chi connectivity index (χ3v) is 7.70. The molecule has 2 fully saturated rings. The molecule has 6 rings (SSSR count). The largest absolute Gasteiger partial charge is 0.492 e. The predicted molar refractivity (Wildman–Crippen MR) is 142 cm³/mol. The molecule has 0 radical (unpaired) electrons. The molecule has 206 valence electrons. The van der Waals surface area contributed by atoms with Gasteiger partial charge in [-0.2, -0.15) is 0 Å². The van der Waals surface area contributed by atoms with Crippen molar-refractivity contribution in [2.75, 3.05) is 13.4 Å². The second-order valence-electron chi connectivity index (χ2n) is 10.7. The van der Waals surface area contributed by atoms with E-state index >= 15 is 0 Å². The third-order valence-electron chi connectivity index (χ3n) is 7.70. The van der Waals surface area contributed by atoms with Crippen LogP contribution in [0.5, 0.6) is 17.2 Å². The summed E-state index contributed by atoms with van der Waals surface area (Å²) in [5.41, 5.74) is 3.59. The lowest BCUT2D eigenvalue weighted by atomic mass is 9.90. The van der Waals surface area contributed by atoms with Gasteiger partial charge in [-0.05, 0) is 70.4 Å². The zero-order valence-electron chi connectivity index (χ0n) is 22.1. The van der Waals surface area contributed by atoms with Crippen molar-refractivity contribution in [3.63, 3.8) is 0 Å². The van der Waals surface area contributed by atoms with Crippen LogP contribution in [0.3, 0.4) is 0 Å².